The normalized spacial score (nSPS) is 14.5. The van der Waals surface area contributed by atoms with Crippen LogP contribution in [-0.2, 0) is 10.8 Å². The van der Waals surface area contributed by atoms with E-state index in [0.29, 0.717) is 0 Å². The van der Waals surface area contributed by atoms with E-state index in [1.165, 1.54) is 11.5 Å². The van der Waals surface area contributed by atoms with Gasteiger partial charge < -0.3 is 5.11 Å². The molecule has 0 aliphatic heterocycles. The van der Waals surface area contributed by atoms with Crippen molar-refractivity contribution in [2.45, 2.75) is 24.3 Å². The molecule has 0 bridgehead atoms. The van der Waals surface area contributed by atoms with Gasteiger partial charge in [-0.1, -0.05) is 18.2 Å². The summed E-state index contributed by atoms with van der Waals surface area (Å²) in [6.45, 7) is 3.29. The van der Waals surface area contributed by atoms with Gasteiger partial charge in [0.1, 0.15) is 0 Å². The molecule has 76 valence electrons. The monoisotopic (exact) mass is 210 g/mol. The van der Waals surface area contributed by atoms with Gasteiger partial charge in [-0.3, -0.25) is 0 Å². The Bertz CT molecular complexity index is 336. The van der Waals surface area contributed by atoms with Crippen molar-refractivity contribution in [3.05, 3.63) is 41.8 Å². The van der Waals surface area contributed by atoms with Gasteiger partial charge in [0, 0.05) is 10.3 Å². The lowest BCUT2D eigenvalue weighted by atomic mass is 10.1. The Morgan fingerprint density at radius 3 is 2.36 bits per heavy atom. The predicted octanol–water partition coefficient (Wildman–Crippen LogP) is 2.08. The van der Waals surface area contributed by atoms with Gasteiger partial charge in [0.2, 0.25) is 0 Å². The molecule has 0 radical (unpaired) electrons. The zero-order chi connectivity index (χ0) is 10.6. The molecule has 0 saturated heterocycles. The quantitative estimate of drug-likeness (QED) is 0.829. The minimum Gasteiger partial charge on any atom is -0.386 e. The van der Waals surface area contributed by atoms with E-state index in [1.807, 2.05) is 18.2 Å². The summed E-state index contributed by atoms with van der Waals surface area (Å²) in [7, 11) is -1.17. The van der Waals surface area contributed by atoms with Crippen LogP contribution in [0, 0.1) is 0 Å². The highest BCUT2D eigenvalue weighted by Gasteiger charge is 2.07. The third-order valence-corrected chi connectivity index (χ3v) is 2.70. The zero-order valence-corrected chi connectivity index (χ0v) is 9.12. The molecule has 3 heteroatoms. The van der Waals surface area contributed by atoms with Crippen LogP contribution < -0.4 is 0 Å². The number of aliphatic hydroxyl groups is 1. The summed E-state index contributed by atoms with van der Waals surface area (Å²) < 4.78 is 11.6. The summed E-state index contributed by atoms with van der Waals surface area (Å²) in [5.74, 6) is 0. The van der Waals surface area contributed by atoms with Crippen molar-refractivity contribution in [3.8, 4) is 0 Å². The lowest BCUT2D eigenvalue weighted by molar-refractivity contribution is 0.133. The molecule has 2 nitrogen and oxygen atoms in total. The molecule has 0 aliphatic rings. The van der Waals surface area contributed by atoms with E-state index in [4.69, 9.17) is 0 Å². The molecule has 1 unspecified atom stereocenters. The summed E-state index contributed by atoms with van der Waals surface area (Å²) in [6, 6.07) is 9.15. The topological polar surface area (TPSA) is 37.3 Å². The molecule has 0 saturated carbocycles. The van der Waals surface area contributed by atoms with Gasteiger partial charge in [0.25, 0.3) is 0 Å². The van der Waals surface area contributed by atoms with Gasteiger partial charge in [-0.25, -0.2) is 4.21 Å². The van der Waals surface area contributed by atoms with Crippen molar-refractivity contribution in [1.29, 1.82) is 0 Å². The van der Waals surface area contributed by atoms with Gasteiger partial charge in [-0.2, -0.15) is 0 Å². The molecular weight excluding hydrogens is 196 g/mol. The van der Waals surface area contributed by atoms with Crippen LogP contribution in [0.4, 0.5) is 0 Å². The highest BCUT2D eigenvalue weighted by Crippen LogP contribution is 2.09. The van der Waals surface area contributed by atoms with E-state index in [-0.39, 0.29) is 0 Å². The molecule has 1 rings (SSSR count). The molecule has 1 N–H and O–H groups in total. The number of rotatable bonds is 3. The maximum atomic E-state index is 11.6. The van der Waals surface area contributed by atoms with E-state index < -0.39 is 16.4 Å². The van der Waals surface area contributed by atoms with Gasteiger partial charge >= 0.3 is 0 Å². The van der Waals surface area contributed by atoms with Crippen molar-refractivity contribution in [2.75, 3.05) is 0 Å². The SMILES string of the molecule is CC(C)(O)/C=C/S(=O)c1ccccc1. The molecule has 0 heterocycles. The van der Waals surface area contributed by atoms with Crippen molar-refractivity contribution >= 4 is 10.8 Å². The Morgan fingerprint density at radius 1 is 1.29 bits per heavy atom. The maximum absolute atomic E-state index is 11.6. The largest absolute Gasteiger partial charge is 0.386 e. The lowest BCUT2D eigenvalue weighted by Gasteiger charge is -2.09. The first-order valence-electron chi connectivity index (χ1n) is 4.36. The minimum absolute atomic E-state index is 0.744. The average Bonchev–Trinajstić information content (AvgIpc) is 2.14. The molecule has 1 atom stereocenters. The second kappa shape index (κ2) is 4.53. The van der Waals surface area contributed by atoms with E-state index in [0.717, 1.165) is 4.90 Å². The third kappa shape index (κ3) is 3.85. The van der Waals surface area contributed by atoms with Crippen molar-refractivity contribution in [1.82, 2.24) is 0 Å². The summed E-state index contributed by atoms with van der Waals surface area (Å²) in [5, 5.41) is 10.9. The van der Waals surface area contributed by atoms with Gasteiger partial charge in [0.05, 0.1) is 16.4 Å². The molecule has 0 spiro atoms. The van der Waals surface area contributed by atoms with Crippen LogP contribution in [0.2, 0.25) is 0 Å². The first-order chi connectivity index (χ1) is 6.49. The van der Waals surface area contributed by atoms with Gasteiger partial charge in [0.15, 0.2) is 0 Å². The summed E-state index contributed by atoms with van der Waals surface area (Å²) in [4.78, 5) is 0.744. The minimum atomic E-state index is -1.17. The Kier molecular flexibility index (Phi) is 3.61. The standard InChI is InChI=1S/C11H14O2S/c1-11(2,12)8-9-14(13)10-6-4-3-5-7-10/h3-9,12H,1-2H3/b9-8+. The molecule has 1 aromatic rings. The van der Waals surface area contributed by atoms with Crippen molar-refractivity contribution in [2.24, 2.45) is 0 Å². The molecule has 14 heavy (non-hydrogen) atoms. The average molecular weight is 210 g/mol. The zero-order valence-electron chi connectivity index (χ0n) is 8.31. The van der Waals surface area contributed by atoms with Gasteiger partial charge in [-0.05, 0) is 32.1 Å². The Hall–Kier alpha value is -0.930. The molecule has 0 aromatic heterocycles. The Balaban J connectivity index is 2.74. The number of hydrogen-bond acceptors (Lipinski definition) is 2. The van der Waals surface area contributed by atoms with Gasteiger partial charge in [-0.15, -0.1) is 0 Å². The fraction of sp³-hybridized carbons (Fsp3) is 0.273. The van der Waals surface area contributed by atoms with E-state index >= 15 is 0 Å². The number of benzene rings is 1. The van der Waals surface area contributed by atoms with Crippen LogP contribution in [-0.4, -0.2) is 14.9 Å². The summed E-state index contributed by atoms with van der Waals surface area (Å²) in [6.07, 6.45) is 1.54. The van der Waals surface area contributed by atoms with Crippen LogP contribution >= 0.6 is 0 Å². The molecule has 1 aromatic carbocycles. The van der Waals surface area contributed by atoms with Crippen LogP contribution in [0.1, 0.15) is 13.8 Å². The fourth-order valence-electron chi connectivity index (χ4n) is 0.861. The number of hydrogen-bond donors (Lipinski definition) is 1. The smallest absolute Gasteiger partial charge is 0.0780 e. The second-order valence-electron chi connectivity index (χ2n) is 3.57. The maximum Gasteiger partial charge on any atom is 0.0780 e. The summed E-state index contributed by atoms with van der Waals surface area (Å²) in [5.41, 5.74) is -0.912. The predicted molar refractivity (Wildman–Crippen MR) is 58.3 cm³/mol. The first-order valence-corrected chi connectivity index (χ1v) is 5.58. The third-order valence-electron chi connectivity index (χ3n) is 1.58. The summed E-state index contributed by atoms with van der Waals surface area (Å²) >= 11 is 0. The highest BCUT2D eigenvalue weighted by molar-refractivity contribution is 7.88. The fourth-order valence-corrected chi connectivity index (χ4v) is 1.90. The Labute approximate surface area is 86.7 Å². The molecule has 0 amide bonds. The van der Waals surface area contributed by atoms with Crippen LogP contribution in [0.25, 0.3) is 0 Å². The first kappa shape index (κ1) is 11.1. The Morgan fingerprint density at radius 2 is 1.86 bits per heavy atom. The van der Waals surface area contributed by atoms with E-state index in [2.05, 4.69) is 0 Å². The molecule has 0 fully saturated rings. The van der Waals surface area contributed by atoms with E-state index in [1.54, 1.807) is 26.0 Å². The van der Waals surface area contributed by atoms with Crippen LogP contribution in [0.5, 0.6) is 0 Å². The van der Waals surface area contributed by atoms with E-state index in [9.17, 15) is 9.32 Å². The van der Waals surface area contributed by atoms with Crippen molar-refractivity contribution < 1.29 is 9.32 Å². The molecular formula is C11H14O2S. The molecule has 0 aliphatic carbocycles. The second-order valence-corrected chi connectivity index (χ2v) is 4.91. The van der Waals surface area contributed by atoms with Crippen LogP contribution in [0.15, 0.2) is 46.7 Å². The highest BCUT2D eigenvalue weighted by atomic mass is 32.2. The van der Waals surface area contributed by atoms with Crippen molar-refractivity contribution in [3.63, 3.8) is 0 Å². The lowest BCUT2D eigenvalue weighted by Crippen LogP contribution is -2.13. The van der Waals surface area contributed by atoms with Crippen LogP contribution in [0.3, 0.4) is 0 Å².